The van der Waals surface area contributed by atoms with Gasteiger partial charge in [-0.15, -0.1) is 0 Å². The molecular formula is C22H24BrNO6. The molecule has 0 spiro atoms. The van der Waals surface area contributed by atoms with Crippen LogP contribution in [0.5, 0.6) is 11.5 Å². The topological polar surface area (TPSA) is 109 Å². The van der Waals surface area contributed by atoms with Crippen molar-refractivity contribution in [3.8, 4) is 17.6 Å². The standard InChI is InChI=1S/C22H24BrNO6/c1-14(2)30-21(22(26)27)10-15-3-6-18(7-4-15)28-12-17(25)13-29-20-8-5-16(11-24)9-19(20)23/h3-9,14,17,21,25H,10,12-13H2,1-2H3,(H,26,27). The van der Waals surface area contributed by atoms with Gasteiger partial charge in [0.2, 0.25) is 0 Å². The maximum absolute atomic E-state index is 11.3. The molecule has 0 aliphatic rings. The lowest BCUT2D eigenvalue weighted by atomic mass is 10.1. The van der Waals surface area contributed by atoms with Crippen molar-refractivity contribution in [2.24, 2.45) is 0 Å². The highest BCUT2D eigenvalue weighted by Crippen LogP contribution is 2.26. The number of aliphatic carboxylic acids is 1. The number of nitrogens with zero attached hydrogens (tertiary/aromatic N) is 1. The number of halogens is 1. The van der Waals surface area contributed by atoms with Gasteiger partial charge in [-0.2, -0.15) is 5.26 Å². The van der Waals surface area contributed by atoms with Gasteiger partial charge in [-0.1, -0.05) is 12.1 Å². The average molecular weight is 478 g/mol. The summed E-state index contributed by atoms with van der Waals surface area (Å²) in [5.41, 5.74) is 1.32. The molecule has 0 aromatic heterocycles. The Labute approximate surface area is 183 Å². The van der Waals surface area contributed by atoms with Crippen molar-refractivity contribution in [3.05, 3.63) is 58.1 Å². The molecule has 0 aliphatic heterocycles. The lowest BCUT2D eigenvalue weighted by Gasteiger charge is -2.17. The Morgan fingerprint density at radius 3 is 2.37 bits per heavy atom. The van der Waals surface area contributed by atoms with Crippen molar-refractivity contribution in [3.63, 3.8) is 0 Å². The van der Waals surface area contributed by atoms with Crippen molar-refractivity contribution in [1.29, 1.82) is 5.26 Å². The summed E-state index contributed by atoms with van der Waals surface area (Å²) in [6, 6.07) is 13.9. The van der Waals surface area contributed by atoms with E-state index in [9.17, 15) is 15.0 Å². The van der Waals surface area contributed by atoms with Crippen LogP contribution in [0.25, 0.3) is 0 Å². The molecule has 160 valence electrons. The van der Waals surface area contributed by atoms with Gasteiger partial charge in [-0.3, -0.25) is 0 Å². The molecule has 2 aromatic rings. The highest BCUT2D eigenvalue weighted by atomic mass is 79.9. The lowest BCUT2D eigenvalue weighted by molar-refractivity contribution is -0.153. The molecule has 2 atom stereocenters. The van der Waals surface area contributed by atoms with Crippen LogP contribution in [-0.2, 0) is 16.0 Å². The molecule has 0 amide bonds. The van der Waals surface area contributed by atoms with Crippen molar-refractivity contribution < 1.29 is 29.2 Å². The quantitative estimate of drug-likeness (QED) is 0.508. The van der Waals surface area contributed by atoms with Crippen LogP contribution in [0.1, 0.15) is 25.0 Å². The number of carboxylic acids is 1. The number of ether oxygens (including phenoxy) is 3. The first-order valence-corrected chi connectivity index (χ1v) is 10.2. The largest absolute Gasteiger partial charge is 0.491 e. The third-order valence-corrected chi connectivity index (χ3v) is 4.61. The van der Waals surface area contributed by atoms with Crippen LogP contribution in [0, 0.1) is 11.3 Å². The molecular weight excluding hydrogens is 454 g/mol. The zero-order valence-electron chi connectivity index (χ0n) is 16.7. The third kappa shape index (κ3) is 7.67. The van der Waals surface area contributed by atoms with E-state index in [0.29, 0.717) is 21.5 Å². The summed E-state index contributed by atoms with van der Waals surface area (Å²) in [6.07, 6.45) is -1.69. The van der Waals surface area contributed by atoms with Gasteiger partial charge in [-0.05, 0) is 65.7 Å². The normalized spacial score (nSPS) is 12.8. The molecule has 0 heterocycles. The van der Waals surface area contributed by atoms with E-state index in [0.717, 1.165) is 5.56 Å². The van der Waals surface area contributed by atoms with Gasteiger partial charge in [0, 0.05) is 6.42 Å². The number of nitriles is 1. The number of hydrogen-bond acceptors (Lipinski definition) is 6. The summed E-state index contributed by atoms with van der Waals surface area (Å²) in [5.74, 6) is 0.0732. The Bertz CT molecular complexity index is 878. The van der Waals surface area contributed by atoms with Gasteiger partial charge in [0.15, 0.2) is 6.10 Å². The van der Waals surface area contributed by atoms with E-state index in [1.807, 2.05) is 6.07 Å². The molecule has 7 nitrogen and oxygen atoms in total. The number of carboxylic acid groups (broad SMARTS) is 1. The van der Waals surface area contributed by atoms with Crippen molar-refractivity contribution >= 4 is 21.9 Å². The number of rotatable bonds is 11. The number of benzene rings is 2. The number of hydrogen-bond donors (Lipinski definition) is 2. The smallest absolute Gasteiger partial charge is 0.333 e. The minimum absolute atomic E-state index is 0.0232. The fourth-order valence-electron chi connectivity index (χ4n) is 2.57. The van der Waals surface area contributed by atoms with Crippen molar-refractivity contribution in [2.45, 2.75) is 38.6 Å². The van der Waals surface area contributed by atoms with Gasteiger partial charge in [0.1, 0.15) is 30.8 Å². The zero-order chi connectivity index (χ0) is 22.1. The van der Waals surface area contributed by atoms with Crippen LogP contribution in [0.15, 0.2) is 46.9 Å². The van der Waals surface area contributed by atoms with E-state index in [4.69, 9.17) is 19.5 Å². The van der Waals surface area contributed by atoms with Crippen LogP contribution < -0.4 is 9.47 Å². The van der Waals surface area contributed by atoms with Crippen LogP contribution >= 0.6 is 15.9 Å². The van der Waals surface area contributed by atoms with E-state index in [1.165, 1.54) is 0 Å². The van der Waals surface area contributed by atoms with Gasteiger partial charge >= 0.3 is 5.97 Å². The van der Waals surface area contributed by atoms with Gasteiger partial charge in [0.25, 0.3) is 0 Å². The van der Waals surface area contributed by atoms with Crippen LogP contribution in [0.4, 0.5) is 0 Å². The molecule has 0 radical (unpaired) electrons. The first kappa shape index (κ1) is 23.7. The second-order valence-corrected chi connectivity index (χ2v) is 7.75. The summed E-state index contributed by atoms with van der Waals surface area (Å²) in [5, 5.41) is 28.2. The van der Waals surface area contributed by atoms with Crippen LogP contribution in [0.3, 0.4) is 0 Å². The molecule has 0 aliphatic carbocycles. The average Bonchev–Trinajstić information content (AvgIpc) is 2.71. The third-order valence-electron chi connectivity index (χ3n) is 3.99. The van der Waals surface area contributed by atoms with Crippen molar-refractivity contribution in [1.82, 2.24) is 0 Å². The first-order valence-electron chi connectivity index (χ1n) is 9.39. The molecule has 2 N–H and O–H groups in total. The lowest BCUT2D eigenvalue weighted by Crippen LogP contribution is -2.29. The Morgan fingerprint density at radius 1 is 1.13 bits per heavy atom. The summed E-state index contributed by atoms with van der Waals surface area (Å²) >= 11 is 3.32. The number of carbonyl (C=O) groups is 1. The van der Waals surface area contributed by atoms with Crippen molar-refractivity contribution in [2.75, 3.05) is 13.2 Å². The summed E-state index contributed by atoms with van der Waals surface area (Å²) in [6.45, 7) is 3.64. The maximum Gasteiger partial charge on any atom is 0.333 e. The maximum atomic E-state index is 11.3. The molecule has 0 bridgehead atoms. The Hall–Kier alpha value is -2.60. The number of aliphatic hydroxyl groups is 1. The van der Waals surface area contributed by atoms with Gasteiger partial charge < -0.3 is 24.4 Å². The number of aliphatic hydroxyl groups excluding tert-OH is 1. The van der Waals surface area contributed by atoms with E-state index in [2.05, 4.69) is 15.9 Å². The SMILES string of the molecule is CC(C)OC(Cc1ccc(OCC(O)COc2ccc(C#N)cc2Br)cc1)C(=O)O. The fourth-order valence-corrected chi connectivity index (χ4v) is 3.07. The minimum atomic E-state index is -0.999. The second-order valence-electron chi connectivity index (χ2n) is 6.89. The fraction of sp³-hybridized carbons (Fsp3) is 0.364. The highest BCUT2D eigenvalue weighted by Gasteiger charge is 2.20. The predicted octanol–water partition coefficient (Wildman–Crippen LogP) is 3.56. The molecule has 2 unspecified atom stereocenters. The summed E-state index contributed by atoms with van der Waals surface area (Å²) < 4.78 is 17.2. The first-order chi connectivity index (χ1) is 14.3. The van der Waals surface area contributed by atoms with Gasteiger partial charge in [-0.25, -0.2) is 4.79 Å². The Morgan fingerprint density at radius 2 is 1.80 bits per heavy atom. The molecule has 2 rings (SSSR count). The van der Waals surface area contributed by atoms with Crippen LogP contribution in [-0.4, -0.2) is 47.7 Å². The molecule has 0 fully saturated rings. The second kappa shape index (κ2) is 11.6. The predicted molar refractivity (Wildman–Crippen MR) is 114 cm³/mol. The highest BCUT2D eigenvalue weighted by molar-refractivity contribution is 9.10. The molecule has 2 aromatic carbocycles. The zero-order valence-corrected chi connectivity index (χ0v) is 18.3. The summed E-state index contributed by atoms with van der Waals surface area (Å²) in [7, 11) is 0. The Balaban J connectivity index is 1.81. The molecule has 0 saturated heterocycles. The molecule has 8 heteroatoms. The van der Waals surface area contributed by atoms with Gasteiger partial charge in [0.05, 0.1) is 22.2 Å². The molecule has 30 heavy (non-hydrogen) atoms. The summed E-state index contributed by atoms with van der Waals surface area (Å²) in [4.78, 5) is 11.3. The minimum Gasteiger partial charge on any atom is -0.491 e. The van der Waals surface area contributed by atoms with E-state index < -0.39 is 18.2 Å². The van der Waals surface area contributed by atoms with E-state index in [-0.39, 0.29) is 25.7 Å². The molecule has 0 saturated carbocycles. The van der Waals surface area contributed by atoms with E-state index >= 15 is 0 Å². The monoisotopic (exact) mass is 477 g/mol. The Kier molecular flexibility index (Phi) is 9.12. The van der Waals surface area contributed by atoms with Crippen LogP contribution in [0.2, 0.25) is 0 Å². The van der Waals surface area contributed by atoms with E-state index in [1.54, 1.807) is 56.3 Å².